The first kappa shape index (κ1) is 15.3. The van der Waals surface area contributed by atoms with Crippen molar-refractivity contribution in [3.8, 4) is 5.75 Å². The number of benzene rings is 1. The van der Waals surface area contributed by atoms with Crippen molar-refractivity contribution in [3.05, 3.63) is 29.3 Å². The van der Waals surface area contributed by atoms with Crippen LogP contribution in [-0.2, 0) is 17.6 Å². The number of hydrogen-bond acceptors (Lipinski definition) is 3. The van der Waals surface area contributed by atoms with Gasteiger partial charge in [0, 0.05) is 19.2 Å². The summed E-state index contributed by atoms with van der Waals surface area (Å²) in [6.07, 6.45) is 3.43. The Balaban J connectivity index is 2.02. The van der Waals surface area contributed by atoms with Crippen LogP contribution in [0.4, 0.5) is 0 Å². The van der Waals surface area contributed by atoms with Gasteiger partial charge in [0.1, 0.15) is 5.75 Å². The fourth-order valence-corrected chi connectivity index (χ4v) is 2.92. The Hall–Kier alpha value is -1.06. The normalized spacial score (nSPS) is 19.8. The number of hydrogen-bond donors (Lipinski definition) is 1. The van der Waals surface area contributed by atoms with Gasteiger partial charge in [-0.25, -0.2) is 0 Å². The van der Waals surface area contributed by atoms with Crippen molar-refractivity contribution in [2.75, 3.05) is 20.8 Å². The maximum Gasteiger partial charge on any atom is 0.119 e. The van der Waals surface area contributed by atoms with Gasteiger partial charge in [0.25, 0.3) is 0 Å². The molecule has 1 aromatic rings. The van der Waals surface area contributed by atoms with E-state index in [9.17, 15) is 0 Å². The molecular weight excluding hydrogens is 250 g/mol. The van der Waals surface area contributed by atoms with Crippen molar-refractivity contribution >= 4 is 0 Å². The number of methoxy groups -OCH3 is 2. The molecule has 1 aromatic carbocycles. The summed E-state index contributed by atoms with van der Waals surface area (Å²) in [5.41, 5.74) is 2.89. The molecule has 0 fully saturated rings. The zero-order valence-corrected chi connectivity index (χ0v) is 13.1. The SMILES string of the molecule is COCC(NC1CCc2ccc(OC)cc2C1)C(C)C. The van der Waals surface area contributed by atoms with Crippen LogP contribution >= 0.6 is 0 Å². The van der Waals surface area contributed by atoms with Gasteiger partial charge in [0.15, 0.2) is 0 Å². The van der Waals surface area contributed by atoms with Gasteiger partial charge in [-0.15, -0.1) is 0 Å². The van der Waals surface area contributed by atoms with Gasteiger partial charge in [-0.2, -0.15) is 0 Å². The van der Waals surface area contributed by atoms with Crippen LogP contribution in [-0.4, -0.2) is 32.9 Å². The smallest absolute Gasteiger partial charge is 0.119 e. The average Bonchev–Trinajstić information content (AvgIpc) is 2.45. The topological polar surface area (TPSA) is 30.5 Å². The van der Waals surface area contributed by atoms with Gasteiger partial charge in [-0.1, -0.05) is 19.9 Å². The van der Waals surface area contributed by atoms with Gasteiger partial charge in [0.2, 0.25) is 0 Å². The van der Waals surface area contributed by atoms with Crippen LogP contribution in [0.2, 0.25) is 0 Å². The number of rotatable bonds is 6. The summed E-state index contributed by atoms with van der Waals surface area (Å²) in [5.74, 6) is 1.54. The molecular formula is C17H27NO2. The molecule has 0 bridgehead atoms. The van der Waals surface area contributed by atoms with E-state index in [2.05, 4.69) is 37.4 Å². The van der Waals surface area contributed by atoms with E-state index >= 15 is 0 Å². The summed E-state index contributed by atoms with van der Waals surface area (Å²) in [7, 11) is 3.51. The van der Waals surface area contributed by atoms with Gasteiger partial charge in [0.05, 0.1) is 13.7 Å². The van der Waals surface area contributed by atoms with Crippen LogP contribution in [0.1, 0.15) is 31.4 Å². The monoisotopic (exact) mass is 277 g/mol. The fraction of sp³-hybridized carbons (Fsp3) is 0.647. The molecule has 3 heteroatoms. The van der Waals surface area contributed by atoms with Crippen molar-refractivity contribution in [2.24, 2.45) is 5.92 Å². The largest absolute Gasteiger partial charge is 0.497 e. The lowest BCUT2D eigenvalue weighted by atomic mass is 9.87. The summed E-state index contributed by atoms with van der Waals surface area (Å²) < 4.78 is 10.7. The standard InChI is InChI=1S/C17H27NO2/c1-12(2)17(11-19-3)18-15-7-5-13-6-8-16(20-4)10-14(13)9-15/h6,8,10,12,15,17-18H,5,7,9,11H2,1-4H3. The zero-order chi connectivity index (χ0) is 14.5. The van der Waals surface area contributed by atoms with E-state index in [0.717, 1.165) is 25.2 Å². The molecule has 0 aromatic heterocycles. The molecule has 20 heavy (non-hydrogen) atoms. The summed E-state index contributed by atoms with van der Waals surface area (Å²) in [6, 6.07) is 7.42. The van der Waals surface area contributed by atoms with Crippen LogP contribution < -0.4 is 10.1 Å². The quantitative estimate of drug-likeness (QED) is 0.867. The molecule has 1 aliphatic rings. The second kappa shape index (κ2) is 7.09. The van der Waals surface area contributed by atoms with E-state index in [1.54, 1.807) is 14.2 Å². The molecule has 1 N–H and O–H groups in total. The lowest BCUT2D eigenvalue weighted by Gasteiger charge is -2.31. The Bertz CT molecular complexity index is 431. The van der Waals surface area contributed by atoms with E-state index < -0.39 is 0 Å². The van der Waals surface area contributed by atoms with Gasteiger partial charge in [-0.05, 0) is 48.4 Å². The molecule has 0 saturated heterocycles. The third kappa shape index (κ3) is 3.74. The molecule has 0 radical (unpaired) electrons. The highest BCUT2D eigenvalue weighted by Gasteiger charge is 2.23. The minimum Gasteiger partial charge on any atom is -0.497 e. The predicted molar refractivity (Wildman–Crippen MR) is 82.4 cm³/mol. The van der Waals surface area contributed by atoms with E-state index in [1.165, 1.54) is 17.5 Å². The highest BCUT2D eigenvalue weighted by Crippen LogP contribution is 2.26. The molecule has 0 aliphatic heterocycles. The molecule has 0 saturated carbocycles. The molecule has 0 spiro atoms. The molecule has 3 nitrogen and oxygen atoms in total. The van der Waals surface area contributed by atoms with E-state index in [-0.39, 0.29) is 0 Å². The number of nitrogens with one attached hydrogen (secondary N) is 1. The predicted octanol–water partition coefficient (Wildman–Crippen LogP) is 2.81. The molecule has 0 amide bonds. The summed E-state index contributed by atoms with van der Waals surface area (Å²) in [6.45, 7) is 5.27. The third-order valence-electron chi connectivity index (χ3n) is 4.24. The second-order valence-electron chi connectivity index (χ2n) is 6.05. The lowest BCUT2D eigenvalue weighted by Crippen LogP contribution is -2.46. The summed E-state index contributed by atoms with van der Waals surface area (Å²) in [4.78, 5) is 0. The van der Waals surface area contributed by atoms with Crippen LogP contribution in [0, 0.1) is 5.92 Å². The van der Waals surface area contributed by atoms with Crippen LogP contribution in [0.3, 0.4) is 0 Å². The Kier molecular flexibility index (Phi) is 5.44. The van der Waals surface area contributed by atoms with Crippen molar-refractivity contribution in [1.82, 2.24) is 5.32 Å². The van der Waals surface area contributed by atoms with Crippen molar-refractivity contribution in [3.63, 3.8) is 0 Å². The second-order valence-corrected chi connectivity index (χ2v) is 6.05. The van der Waals surface area contributed by atoms with Gasteiger partial charge >= 0.3 is 0 Å². The molecule has 2 rings (SSSR count). The first-order valence-corrected chi connectivity index (χ1v) is 7.54. The highest BCUT2D eigenvalue weighted by atomic mass is 16.5. The fourth-order valence-electron chi connectivity index (χ4n) is 2.92. The molecule has 0 heterocycles. The Morgan fingerprint density at radius 3 is 2.70 bits per heavy atom. The number of ether oxygens (including phenoxy) is 2. The van der Waals surface area contributed by atoms with E-state index in [0.29, 0.717) is 18.0 Å². The summed E-state index contributed by atoms with van der Waals surface area (Å²) >= 11 is 0. The highest BCUT2D eigenvalue weighted by molar-refractivity contribution is 5.37. The van der Waals surface area contributed by atoms with E-state index in [4.69, 9.17) is 9.47 Å². The third-order valence-corrected chi connectivity index (χ3v) is 4.24. The minimum atomic E-state index is 0.428. The van der Waals surface area contributed by atoms with Crippen molar-refractivity contribution in [1.29, 1.82) is 0 Å². The first-order valence-electron chi connectivity index (χ1n) is 7.54. The first-order chi connectivity index (χ1) is 9.63. The van der Waals surface area contributed by atoms with Gasteiger partial charge in [-0.3, -0.25) is 0 Å². The minimum absolute atomic E-state index is 0.428. The number of aryl methyl sites for hydroxylation is 1. The zero-order valence-electron chi connectivity index (χ0n) is 13.1. The molecule has 2 unspecified atom stereocenters. The number of fused-ring (bicyclic) bond motifs is 1. The molecule has 1 aliphatic carbocycles. The molecule has 2 atom stereocenters. The Morgan fingerprint density at radius 1 is 1.25 bits per heavy atom. The van der Waals surface area contributed by atoms with Crippen molar-refractivity contribution in [2.45, 2.75) is 45.2 Å². The van der Waals surface area contributed by atoms with E-state index in [1.807, 2.05) is 0 Å². The van der Waals surface area contributed by atoms with Crippen LogP contribution in [0.15, 0.2) is 18.2 Å². The van der Waals surface area contributed by atoms with Crippen LogP contribution in [0.25, 0.3) is 0 Å². The van der Waals surface area contributed by atoms with Crippen molar-refractivity contribution < 1.29 is 9.47 Å². The maximum absolute atomic E-state index is 5.33. The average molecular weight is 277 g/mol. The maximum atomic E-state index is 5.33. The molecule has 112 valence electrons. The Morgan fingerprint density at radius 2 is 2.05 bits per heavy atom. The lowest BCUT2D eigenvalue weighted by molar-refractivity contribution is 0.138. The van der Waals surface area contributed by atoms with Gasteiger partial charge < -0.3 is 14.8 Å². The van der Waals surface area contributed by atoms with Crippen LogP contribution in [0.5, 0.6) is 5.75 Å². The summed E-state index contributed by atoms with van der Waals surface area (Å²) in [5, 5.41) is 3.77. The Labute approximate surface area is 122 Å².